The Morgan fingerprint density at radius 2 is 1.90 bits per heavy atom. The largest absolute Gasteiger partial charge is 0.497 e. The van der Waals surface area contributed by atoms with Crippen LogP contribution in [0.2, 0.25) is 0 Å². The molecule has 1 aliphatic heterocycles. The number of benzene rings is 1. The Bertz CT molecular complexity index is 1040. The number of rotatable bonds is 4. The van der Waals surface area contributed by atoms with Gasteiger partial charge >= 0.3 is 0 Å². The minimum absolute atomic E-state index is 0.131. The van der Waals surface area contributed by atoms with Gasteiger partial charge in [0.05, 0.1) is 19.9 Å². The third-order valence-electron chi connectivity index (χ3n) is 4.90. The van der Waals surface area contributed by atoms with Crippen molar-refractivity contribution in [3.05, 3.63) is 54.4 Å². The predicted octanol–water partition coefficient (Wildman–Crippen LogP) is 3.22. The van der Waals surface area contributed by atoms with Gasteiger partial charge in [0.1, 0.15) is 28.8 Å². The Morgan fingerprint density at radius 3 is 2.53 bits per heavy atom. The number of hydrogen-bond acceptors (Lipinski definition) is 6. The Balaban J connectivity index is 1.69. The number of methoxy groups -OCH3 is 1. The first-order valence-corrected chi connectivity index (χ1v) is 9.93. The van der Waals surface area contributed by atoms with Crippen molar-refractivity contribution in [3.8, 4) is 17.0 Å². The average Bonchev–Trinajstić information content (AvgIpc) is 3.10. The highest BCUT2D eigenvalue weighted by Crippen LogP contribution is 2.33. The maximum Gasteiger partial charge on any atom is 0.274 e. The monoisotopic (exact) mass is 406 g/mol. The van der Waals surface area contributed by atoms with Gasteiger partial charge in [0.15, 0.2) is 0 Å². The van der Waals surface area contributed by atoms with Crippen LogP contribution in [0.3, 0.4) is 0 Å². The van der Waals surface area contributed by atoms with Crippen LogP contribution in [0.25, 0.3) is 11.3 Å². The summed E-state index contributed by atoms with van der Waals surface area (Å²) in [5, 5.41) is 3.60. The van der Waals surface area contributed by atoms with Crippen LogP contribution in [0, 0.1) is 0 Å². The molecule has 1 N–H and O–H groups in total. The molecule has 156 valence electrons. The highest BCUT2D eigenvalue weighted by molar-refractivity contribution is 5.92. The van der Waals surface area contributed by atoms with E-state index in [-0.39, 0.29) is 11.4 Å². The second-order valence-electron chi connectivity index (χ2n) is 8.30. The van der Waals surface area contributed by atoms with Gasteiger partial charge < -0.3 is 19.5 Å². The number of nitrogens with one attached hydrogen (secondary N) is 1. The third kappa shape index (κ3) is 3.98. The summed E-state index contributed by atoms with van der Waals surface area (Å²) in [5.41, 5.74) is 2.08. The van der Waals surface area contributed by atoms with Gasteiger partial charge in [0.2, 0.25) is 0 Å². The molecule has 4 rings (SSSR count). The topological polar surface area (TPSA) is 85.2 Å². The number of fused-ring (bicyclic) bond motifs is 1. The normalized spacial score (nSPS) is 13.7. The molecule has 1 aliphatic rings. The minimum Gasteiger partial charge on any atom is -0.497 e. The first-order valence-electron chi connectivity index (χ1n) is 9.93. The fourth-order valence-corrected chi connectivity index (χ4v) is 3.51. The van der Waals surface area contributed by atoms with Crippen LogP contribution >= 0.6 is 0 Å². The van der Waals surface area contributed by atoms with Crippen molar-refractivity contribution in [3.63, 3.8) is 0 Å². The van der Waals surface area contributed by atoms with Gasteiger partial charge in [-0.15, -0.1) is 0 Å². The second-order valence-corrected chi connectivity index (χ2v) is 8.30. The number of carbonyl (C=O) groups is 1. The van der Waals surface area contributed by atoms with E-state index in [2.05, 4.69) is 40.6 Å². The van der Waals surface area contributed by atoms with E-state index in [0.29, 0.717) is 25.3 Å². The smallest absolute Gasteiger partial charge is 0.274 e. The zero-order valence-electron chi connectivity index (χ0n) is 17.7. The van der Waals surface area contributed by atoms with Crippen LogP contribution in [0.15, 0.2) is 42.9 Å². The fourth-order valence-electron chi connectivity index (χ4n) is 3.51. The highest BCUT2D eigenvalue weighted by atomic mass is 16.5. The molecule has 3 aromatic rings. The predicted molar refractivity (Wildman–Crippen MR) is 114 cm³/mol. The summed E-state index contributed by atoms with van der Waals surface area (Å²) in [4.78, 5) is 27.7. The lowest BCUT2D eigenvalue weighted by Crippen LogP contribution is -2.39. The van der Waals surface area contributed by atoms with Crippen molar-refractivity contribution in [2.24, 2.45) is 0 Å². The number of hydrogen-bond donors (Lipinski definition) is 1. The van der Waals surface area contributed by atoms with Crippen molar-refractivity contribution >= 4 is 11.7 Å². The molecule has 0 bridgehead atoms. The van der Waals surface area contributed by atoms with Crippen molar-refractivity contribution in [1.29, 1.82) is 0 Å². The number of nitrogens with zero attached hydrogens (tertiary/aromatic N) is 5. The molecule has 1 amide bonds. The molecule has 0 atom stereocenters. The molecule has 30 heavy (non-hydrogen) atoms. The molecule has 0 saturated carbocycles. The zero-order chi connectivity index (χ0) is 21.3. The zero-order valence-corrected chi connectivity index (χ0v) is 17.7. The van der Waals surface area contributed by atoms with Crippen molar-refractivity contribution < 1.29 is 9.53 Å². The van der Waals surface area contributed by atoms with Gasteiger partial charge in [-0.05, 0) is 45.0 Å². The Morgan fingerprint density at radius 1 is 1.13 bits per heavy atom. The highest BCUT2D eigenvalue weighted by Gasteiger charge is 2.29. The summed E-state index contributed by atoms with van der Waals surface area (Å²) in [6, 6.07) is 7.86. The van der Waals surface area contributed by atoms with Gasteiger partial charge in [0.25, 0.3) is 5.91 Å². The summed E-state index contributed by atoms with van der Waals surface area (Å²) in [7, 11) is 1.65. The lowest BCUT2D eigenvalue weighted by molar-refractivity contribution is 0.0701. The molecular formula is C22H26N6O2. The van der Waals surface area contributed by atoms with E-state index in [4.69, 9.17) is 9.72 Å². The van der Waals surface area contributed by atoms with Gasteiger partial charge in [-0.3, -0.25) is 9.78 Å². The number of imidazole rings is 1. The van der Waals surface area contributed by atoms with E-state index in [1.807, 2.05) is 24.3 Å². The molecule has 8 heteroatoms. The van der Waals surface area contributed by atoms with Crippen LogP contribution in [-0.2, 0) is 13.1 Å². The molecule has 0 fully saturated rings. The van der Waals surface area contributed by atoms with Gasteiger partial charge in [-0.1, -0.05) is 0 Å². The van der Waals surface area contributed by atoms with Crippen molar-refractivity contribution in [1.82, 2.24) is 24.4 Å². The summed E-state index contributed by atoms with van der Waals surface area (Å²) in [5.74, 6) is 2.48. The van der Waals surface area contributed by atoms with Gasteiger partial charge in [0, 0.05) is 36.6 Å². The second kappa shape index (κ2) is 7.78. The maximum absolute atomic E-state index is 12.8. The lowest BCUT2D eigenvalue weighted by Gasteiger charge is -2.30. The summed E-state index contributed by atoms with van der Waals surface area (Å²) in [6.45, 7) is 8.03. The molecule has 0 saturated heterocycles. The van der Waals surface area contributed by atoms with Gasteiger partial charge in [-0.2, -0.15) is 0 Å². The molecule has 0 radical (unpaired) electrons. The molecular weight excluding hydrogens is 380 g/mol. The maximum atomic E-state index is 12.8. The van der Waals surface area contributed by atoms with E-state index in [0.717, 1.165) is 28.6 Å². The molecule has 2 aromatic heterocycles. The first-order chi connectivity index (χ1) is 14.4. The quantitative estimate of drug-likeness (QED) is 0.716. The Hall–Kier alpha value is -3.42. The van der Waals surface area contributed by atoms with E-state index in [9.17, 15) is 4.79 Å². The lowest BCUT2D eigenvalue weighted by atomic mass is 10.1. The van der Waals surface area contributed by atoms with E-state index >= 15 is 0 Å². The van der Waals surface area contributed by atoms with Crippen molar-refractivity contribution in [2.45, 2.75) is 39.4 Å². The van der Waals surface area contributed by atoms with E-state index in [1.165, 1.54) is 12.4 Å². The molecule has 1 aromatic carbocycles. The van der Waals surface area contributed by atoms with Crippen LogP contribution < -0.4 is 10.1 Å². The van der Waals surface area contributed by atoms with Crippen LogP contribution in [0.1, 0.15) is 37.1 Å². The molecule has 8 nitrogen and oxygen atoms in total. The number of anilines is 1. The molecule has 0 aliphatic carbocycles. The van der Waals surface area contributed by atoms with E-state index < -0.39 is 0 Å². The Kier molecular flexibility index (Phi) is 5.15. The van der Waals surface area contributed by atoms with Crippen LogP contribution in [0.5, 0.6) is 5.75 Å². The minimum atomic E-state index is -0.134. The molecule has 0 spiro atoms. The summed E-state index contributed by atoms with van der Waals surface area (Å²) in [6.07, 6.45) is 4.59. The molecule has 0 unspecified atom stereocenters. The Labute approximate surface area is 175 Å². The van der Waals surface area contributed by atoms with Crippen LogP contribution in [-0.4, -0.2) is 49.5 Å². The number of carbonyl (C=O) groups excluding carboxylic acids is 1. The molecule has 3 heterocycles. The fraction of sp³-hybridized carbons (Fsp3) is 0.364. The SMILES string of the molecule is COc1ccc(-c2nc3n(c2NC(C)(C)C)CCN(C(=O)c2cnccn2)C3)cc1. The third-order valence-corrected chi connectivity index (χ3v) is 4.90. The van der Waals surface area contributed by atoms with Crippen LogP contribution in [0.4, 0.5) is 5.82 Å². The standard InChI is InChI=1S/C22H26N6O2/c1-22(2,3)26-20-19(15-5-7-16(30-4)8-6-15)25-18-14-27(11-12-28(18)20)21(29)17-13-23-9-10-24-17/h5-10,13,26H,11-12,14H2,1-4H3. The number of ether oxygens (including phenoxy) is 1. The van der Waals surface area contributed by atoms with Gasteiger partial charge in [-0.25, -0.2) is 9.97 Å². The van der Waals surface area contributed by atoms with Crippen molar-refractivity contribution in [2.75, 3.05) is 19.0 Å². The first kappa shape index (κ1) is 19.9. The number of aromatic nitrogens is 4. The van der Waals surface area contributed by atoms with E-state index in [1.54, 1.807) is 18.2 Å². The summed E-state index contributed by atoms with van der Waals surface area (Å²) >= 11 is 0. The summed E-state index contributed by atoms with van der Waals surface area (Å²) < 4.78 is 7.46. The average molecular weight is 406 g/mol. The number of amides is 1.